The molecule has 6 heteroatoms. The Morgan fingerprint density at radius 1 is 1.03 bits per heavy atom. The number of methoxy groups -OCH3 is 1. The average Bonchev–Trinajstić information content (AvgIpc) is 2.73. The minimum absolute atomic E-state index is 0.0969. The lowest BCUT2D eigenvalue weighted by atomic mass is 9.37. The van der Waals surface area contributed by atoms with Crippen LogP contribution in [-0.2, 0) is 14.3 Å². The van der Waals surface area contributed by atoms with Crippen LogP contribution in [0.25, 0.3) is 0 Å². The number of fused-ring (bicyclic) bond motifs is 5. The molecular weight excluding hydrogens is 408 g/mol. The SMILES string of the molecule is COC(=O)[C@H]1[C@H](C(C)=O)[C@@H](O)CC2C3CCC4C(C)(C)CCC[C@]4(CO)C3C[C@@H](O)[C@@]21C. The van der Waals surface area contributed by atoms with E-state index >= 15 is 0 Å². The highest BCUT2D eigenvalue weighted by Crippen LogP contribution is 2.69. The van der Waals surface area contributed by atoms with Crippen LogP contribution >= 0.6 is 0 Å². The highest BCUT2D eigenvalue weighted by Gasteiger charge is 2.68. The van der Waals surface area contributed by atoms with E-state index in [2.05, 4.69) is 13.8 Å². The van der Waals surface area contributed by atoms with Crippen LogP contribution in [0.1, 0.15) is 72.6 Å². The molecule has 0 aromatic rings. The molecule has 32 heavy (non-hydrogen) atoms. The molecule has 0 aromatic heterocycles. The zero-order valence-electron chi connectivity index (χ0n) is 20.3. The lowest BCUT2D eigenvalue weighted by Gasteiger charge is -2.67. The van der Waals surface area contributed by atoms with Crippen molar-refractivity contribution in [1.82, 2.24) is 0 Å². The largest absolute Gasteiger partial charge is 0.469 e. The summed E-state index contributed by atoms with van der Waals surface area (Å²) >= 11 is 0. The van der Waals surface area contributed by atoms with Crippen LogP contribution in [0.2, 0.25) is 0 Å². The Bertz CT molecular complexity index is 763. The molecule has 0 amide bonds. The maximum Gasteiger partial charge on any atom is 0.310 e. The highest BCUT2D eigenvalue weighted by atomic mass is 16.5. The first-order chi connectivity index (χ1) is 15.0. The van der Waals surface area contributed by atoms with E-state index in [1.807, 2.05) is 6.92 Å². The monoisotopic (exact) mass is 450 g/mol. The summed E-state index contributed by atoms with van der Waals surface area (Å²) in [5.74, 6) is -1.80. The van der Waals surface area contributed by atoms with Crippen LogP contribution in [-0.4, -0.2) is 53.0 Å². The zero-order valence-corrected chi connectivity index (χ0v) is 20.3. The van der Waals surface area contributed by atoms with Crippen LogP contribution < -0.4 is 0 Å². The maximum atomic E-state index is 13.0. The molecule has 0 heterocycles. The van der Waals surface area contributed by atoms with E-state index in [1.54, 1.807) is 0 Å². The fourth-order valence-corrected chi connectivity index (χ4v) is 9.42. The van der Waals surface area contributed by atoms with E-state index in [-0.39, 0.29) is 41.0 Å². The van der Waals surface area contributed by atoms with Gasteiger partial charge < -0.3 is 20.1 Å². The van der Waals surface area contributed by atoms with E-state index in [1.165, 1.54) is 14.0 Å². The van der Waals surface area contributed by atoms with Crippen molar-refractivity contribution in [3.8, 4) is 0 Å². The van der Waals surface area contributed by atoms with Gasteiger partial charge in [0.25, 0.3) is 0 Å². The van der Waals surface area contributed by atoms with Crippen LogP contribution in [0.3, 0.4) is 0 Å². The quantitative estimate of drug-likeness (QED) is 0.571. The number of carbonyl (C=O) groups is 2. The molecule has 0 spiro atoms. The number of hydrogen-bond acceptors (Lipinski definition) is 6. The van der Waals surface area contributed by atoms with Gasteiger partial charge in [0, 0.05) is 12.0 Å². The fourth-order valence-electron chi connectivity index (χ4n) is 9.42. The first-order valence-electron chi connectivity index (χ1n) is 12.5. The van der Waals surface area contributed by atoms with Crippen molar-refractivity contribution in [2.24, 2.45) is 51.8 Å². The molecule has 4 saturated carbocycles. The van der Waals surface area contributed by atoms with Gasteiger partial charge in [0.1, 0.15) is 5.78 Å². The Hall–Kier alpha value is -0.980. The van der Waals surface area contributed by atoms with Gasteiger partial charge in [0.15, 0.2) is 0 Å². The molecule has 3 N–H and O–H groups in total. The normalized spacial score (nSPS) is 49.9. The van der Waals surface area contributed by atoms with Gasteiger partial charge >= 0.3 is 5.97 Å². The second-order valence-corrected chi connectivity index (χ2v) is 12.3. The van der Waals surface area contributed by atoms with Crippen LogP contribution in [0.4, 0.5) is 0 Å². The predicted octanol–water partition coefficient (Wildman–Crippen LogP) is 2.96. The first-order valence-corrected chi connectivity index (χ1v) is 12.5. The molecule has 4 fully saturated rings. The van der Waals surface area contributed by atoms with Crippen molar-refractivity contribution >= 4 is 11.8 Å². The molecule has 6 nitrogen and oxygen atoms in total. The summed E-state index contributed by atoms with van der Waals surface area (Å²) < 4.78 is 5.12. The number of ether oxygens (including phenoxy) is 1. The van der Waals surface area contributed by atoms with Crippen LogP contribution in [0.5, 0.6) is 0 Å². The molecule has 4 aliphatic carbocycles. The van der Waals surface area contributed by atoms with Gasteiger partial charge in [0.05, 0.1) is 31.2 Å². The van der Waals surface area contributed by atoms with Gasteiger partial charge in [-0.1, -0.05) is 27.2 Å². The highest BCUT2D eigenvalue weighted by molar-refractivity contribution is 5.86. The molecule has 4 rings (SSSR count). The van der Waals surface area contributed by atoms with Gasteiger partial charge in [0.2, 0.25) is 0 Å². The maximum absolute atomic E-state index is 13.0. The zero-order chi connectivity index (χ0) is 23.6. The number of ketones is 1. The van der Waals surface area contributed by atoms with Gasteiger partial charge in [-0.15, -0.1) is 0 Å². The minimum Gasteiger partial charge on any atom is -0.469 e. The second kappa shape index (κ2) is 8.06. The number of Topliss-reactive ketones (excluding diaryl/α,β-unsaturated/α-hetero) is 1. The Balaban J connectivity index is 1.79. The number of esters is 1. The second-order valence-electron chi connectivity index (χ2n) is 12.3. The Kier molecular flexibility index (Phi) is 6.08. The van der Waals surface area contributed by atoms with E-state index in [9.17, 15) is 24.9 Å². The van der Waals surface area contributed by atoms with E-state index in [4.69, 9.17) is 4.74 Å². The summed E-state index contributed by atoms with van der Waals surface area (Å²) in [6.45, 7) is 8.11. The topological polar surface area (TPSA) is 104 Å². The van der Waals surface area contributed by atoms with E-state index in [0.717, 1.165) is 32.1 Å². The van der Waals surface area contributed by atoms with Crippen LogP contribution in [0.15, 0.2) is 0 Å². The van der Waals surface area contributed by atoms with Gasteiger partial charge in [-0.3, -0.25) is 9.59 Å². The lowest BCUT2D eigenvalue weighted by molar-refractivity contribution is -0.240. The first kappa shape index (κ1) is 24.2. The number of aliphatic hydroxyl groups is 3. The Morgan fingerprint density at radius 2 is 1.72 bits per heavy atom. The molecule has 0 saturated heterocycles. The summed E-state index contributed by atoms with van der Waals surface area (Å²) in [4.78, 5) is 25.5. The van der Waals surface area contributed by atoms with E-state index < -0.39 is 35.4 Å². The molecule has 10 atom stereocenters. The van der Waals surface area contributed by atoms with Crippen LogP contribution in [0, 0.1) is 51.8 Å². The van der Waals surface area contributed by atoms with Crippen molar-refractivity contribution < 1.29 is 29.6 Å². The minimum atomic E-state index is -0.925. The molecule has 4 unspecified atom stereocenters. The summed E-state index contributed by atoms with van der Waals surface area (Å²) in [5.41, 5.74) is -0.911. The summed E-state index contributed by atoms with van der Waals surface area (Å²) in [6.07, 6.45) is 4.40. The Labute approximate surface area is 192 Å². The fraction of sp³-hybridized carbons (Fsp3) is 0.923. The van der Waals surface area contributed by atoms with Crippen molar-refractivity contribution in [3.05, 3.63) is 0 Å². The number of carbonyl (C=O) groups excluding carboxylic acids is 2. The third kappa shape index (κ3) is 3.15. The van der Waals surface area contributed by atoms with Gasteiger partial charge in [-0.2, -0.15) is 0 Å². The molecule has 0 radical (unpaired) electrons. The van der Waals surface area contributed by atoms with Crippen molar-refractivity contribution in [2.45, 2.75) is 84.8 Å². The van der Waals surface area contributed by atoms with Crippen molar-refractivity contribution in [2.75, 3.05) is 13.7 Å². The molecule has 0 bridgehead atoms. The molecule has 0 aromatic carbocycles. The van der Waals surface area contributed by atoms with Crippen molar-refractivity contribution in [1.29, 1.82) is 0 Å². The third-order valence-corrected chi connectivity index (χ3v) is 10.8. The number of aliphatic hydroxyl groups excluding tert-OH is 3. The number of hydrogen-bond donors (Lipinski definition) is 3. The average molecular weight is 451 g/mol. The van der Waals surface area contributed by atoms with Gasteiger partial charge in [-0.05, 0) is 80.0 Å². The predicted molar refractivity (Wildman–Crippen MR) is 119 cm³/mol. The molecule has 0 aliphatic heterocycles. The smallest absolute Gasteiger partial charge is 0.310 e. The summed E-state index contributed by atoms with van der Waals surface area (Å²) in [7, 11) is 1.31. The van der Waals surface area contributed by atoms with Crippen molar-refractivity contribution in [3.63, 3.8) is 0 Å². The number of rotatable bonds is 3. The molecule has 182 valence electrons. The molecular formula is C26H42O6. The van der Waals surface area contributed by atoms with Gasteiger partial charge in [-0.25, -0.2) is 0 Å². The molecule has 4 aliphatic rings. The summed E-state index contributed by atoms with van der Waals surface area (Å²) in [6, 6.07) is 0. The standard InChI is InChI=1S/C26H42O6/c1-14(28)21-18(29)11-16-15-7-8-19-24(2,3)9-6-10-26(19,13-27)17(15)12-20(30)25(16,4)22(21)23(31)32-5/h15-22,27,29-30H,6-13H2,1-5H3/t15?,16?,17?,18-,19?,20+,21+,22+,25+,26-/m0/s1. The Morgan fingerprint density at radius 3 is 2.31 bits per heavy atom. The third-order valence-electron chi connectivity index (χ3n) is 10.8. The summed E-state index contributed by atoms with van der Waals surface area (Å²) in [5, 5.41) is 33.5. The van der Waals surface area contributed by atoms with E-state index in [0.29, 0.717) is 18.8 Å². The lowest BCUT2D eigenvalue weighted by Crippen LogP contribution is -2.67.